The second kappa shape index (κ2) is 19.4. The fraction of sp³-hybridized carbons (Fsp3) is 0.458. The molecule has 0 saturated carbocycles. The van der Waals surface area contributed by atoms with Crippen LogP contribution in [0.3, 0.4) is 0 Å². The van der Waals surface area contributed by atoms with E-state index < -0.39 is 208 Å². The van der Waals surface area contributed by atoms with Gasteiger partial charge >= 0.3 is 0 Å². The van der Waals surface area contributed by atoms with E-state index in [4.69, 9.17) is 23.7 Å². The lowest BCUT2D eigenvalue weighted by Gasteiger charge is -2.67. The minimum absolute atomic E-state index is 0.197. The molecule has 2 aliphatic carbocycles. The first-order valence-corrected chi connectivity index (χ1v) is 24.1. The highest BCUT2D eigenvalue weighted by atomic mass is 16.7. The second-order valence-electron chi connectivity index (χ2n) is 20.8. The van der Waals surface area contributed by atoms with Gasteiger partial charge in [0.15, 0.2) is 45.7 Å². The molecule has 2 atom stereocenters. The summed E-state index contributed by atoms with van der Waals surface area (Å²) in [5.74, 6) is -73.9. The summed E-state index contributed by atoms with van der Waals surface area (Å²) in [5.41, 5.74) is -25.6. The standard InChI is InChI=1S/C48H56N2O37/c1-83-23-9-17-13-34(57,32(55)20(17)11-25(23)85-3)39(63,64)37(61)41(67,68)45(75,76)49(46(77,78)42(37,69)70)15-22-27(51)29(53)31(30(54)28(22)52)87-16-86-26-12-21-18(10-24(26)84-2)14-35(58,33(21)56)40(65,66)38(62)43(71,72)47(79,80)50(48(81,82)44(38,73)74)36(59,60)19-7-5-4-6-8-19/h4-12,51-54,57-82H,13-16H2,1-3H3. The monoisotopic (exact) mass is 1250 g/mol. The number of carbonyl (C=O) groups is 2. The molecule has 4 aliphatic rings. The number of likely N-dealkylation sites (tertiary alicyclic amines) is 2. The first-order chi connectivity index (χ1) is 39.4. The summed E-state index contributed by atoms with van der Waals surface area (Å²) >= 11 is 0. The number of piperidine rings is 2. The highest BCUT2D eigenvalue weighted by Gasteiger charge is 2.95. The van der Waals surface area contributed by atoms with E-state index in [1.165, 1.54) is 6.07 Å². The molecule has 2 unspecified atom stereocenters. The van der Waals surface area contributed by atoms with Gasteiger partial charge in [-0.05, 0) is 35.4 Å². The van der Waals surface area contributed by atoms with E-state index in [9.17, 15) is 163 Å². The molecule has 480 valence electrons. The van der Waals surface area contributed by atoms with Crippen LogP contribution < -0.4 is 23.7 Å². The molecule has 87 heavy (non-hydrogen) atoms. The summed E-state index contributed by atoms with van der Waals surface area (Å²) in [7, 11) is 3.01. The number of ketones is 2. The van der Waals surface area contributed by atoms with Crippen LogP contribution in [0, 0.1) is 0 Å². The van der Waals surface area contributed by atoms with Crippen LogP contribution in [0.2, 0.25) is 0 Å². The topological polar surface area (TPSA) is 694 Å². The SMILES string of the molecule is COc1cc2c(cc1OC)C(=O)C(O)(C(O)(O)C1(O)C(O)(O)C(O)(O)N(Cc3c(O)c(O)c(OCOc4cc5c(cc4OC)CC(O)(C(O)(O)C4(O)C(O)(O)C(O)(O)N(C(O)(O)c6ccccc6)C(O)(O)C4(O)O)C5=O)c(O)c3O)C(O)(O)C1(O)O)C2. The molecular formula is C48H56N2O37. The molecule has 8 rings (SSSR count). The van der Waals surface area contributed by atoms with Gasteiger partial charge in [-0.25, -0.2) is 0 Å². The molecular weight excluding hydrogens is 1200 g/mol. The van der Waals surface area contributed by atoms with Crippen LogP contribution in [0.4, 0.5) is 0 Å². The number of fused-ring (bicyclic) bond motifs is 2. The number of ether oxygens (including phenoxy) is 5. The normalized spacial score (nSPS) is 25.5. The van der Waals surface area contributed by atoms with Gasteiger partial charge in [0.1, 0.15) is 0 Å². The number of hydrogen-bond donors (Lipinski definition) is 30. The van der Waals surface area contributed by atoms with Gasteiger partial charge in [-0.3, -0.25) is 9.59 Å². The van der Waals surface area contributed by atoms with E-state index in [1.807, 2.05) is 0 Å². The van der Waals surface area contributed by atoms with Crippen LogP contribution in [0.1, 0.15) is 43.0 Å². The zero-order valence-corrected chi connectivity index (χ0v) is 44.2. The van der Waals surface area contributed by atoms with Gasteiger partial charge in [-0.1, -0.05) is 30.3 Å². The first kappa shape index (κ1) is 66.3. The molecule has 2 fully saturated rings. The van der Waals surface area contributed by atoms with E-state index in [-0.39, 0.29) is 11.5 Å². The molecule has 0 spiro atoms. The maximum atomic E-state index is 14.1. The number of aliphatic hydroxyl groups is 26. The summed E-state index contributed by atoms with van der Waals surface area (Å²) < 4.78 is 25.6. The first-order valence-electron chi connectivity index (χ1n) is 24.1. The van der Waals surface area contributed by atoms with Crippen molar-refractivity contribution in [2.45, 2.75) is 106 Å². The number of carbonyl (C=O) groups excluding carboxylic acids is 2. The van der Waals surface area contributed by atoms with Crippen molar-refractivity contribution in [3.63, 3.8) is 0 Å². The third-order valence-electron chi connectivity index (χ3n) is 16.2. The fourth-order valence-electron chi connectivity index (χ4n) is 11.1. The Labute approximate surface area is 481 Å². The van der Waals surface area contributed by atoms with Gasteiger partial charge < -0.3 is 177 Å². The van der Waals surface area contributed by atoms with E-state index in [2.05, 4.69) is 0 Å². The Morgan fingerprint density at radius 1 is 0.460 bits per heavy atom. The number of rotatable bonds is 15. The van der Waals surface area contributed by atoms with Gasteiger partial charge in [0.05, 0.1) is 26.9 Å². The van der Waals surface area contributed by atoms with Crippen molar-refractivity contribution in [3.8, 4) is 51.7 Å². The molecule has 2 aliphatic heterocycles. The molecule has 0 amide bonds. The van der Waals surface area contributed by atoms with Crippen molar-refractivity contribution in [1.29, 1.82) is 0 Å². The van der Waals surface area contributed by atoms with Crippen LogP contribution in [-0.4, -0.2) is 283 Å². The van der Waals surface area contributed by atoms with E-state index in [1.54, 1.807) is 0 Å². The Balaban J connectivity index is 1.07. The molecule has 2 saturated heterocycles. The number of Topliss-reactive ketones (excluding diaryl/α,β-unsaturated/α-hetero) is 2. The Bertz CT molecular complexity index is 3380. The third-order valence-corrected chi connectivity index (χ3v) is 16.2. The minimum atomic E-state index is -5.75. The zero-order valence-electron chi connectivity index (χ0n) is 44.2. The lowest BCUT2D eigenvalue weighted by molar-refractivity contribution is -0.648. The molecule has 4 aromatic rings. The highest BCUT2D eigenvalue weighted by Crippen LogP contribution is 2.62. The number of benzene rings is 4. The van der Waals surface area contributed by atoms with E-state index >= 15 is 0 Å². The van der Waals surface area contributed by atoms with E-state index in [0.717, 1.165) is 45.6 Å². The van der Waals surface area contributed by atoms with Crippen molar-refractivity contribution >= 4 is 11.6 Å². The quantitative estimate of drug-likeness (QED) is 0.0299. The van der Waals surface area contributed by atoms with Crippen LogP contribution in [0.5, 0.6) is 51.7 Å². The summed E-state index contributed by atoms with van der Waals surface area (Å²) in [4.78, 5) is 25.1. The Kier molecular flexibility index (Phi) is 14.8. The van der Waals surface area contributed by atoms with Crippen LogP contribution in [-0.2, 0) is 25.3 Å². The fourth-order valence-corrected chi connectivity index (χ4v) is 11.1. The molecule has 4 aromatic carbocycles. The summed E-state index contributed by atoms with van der Waals surface area (Å²) in [5, 5.41) is 338. The third kappa shape index (κ3) is 7.75. The number of nitrogens with zero attached hydrogens (tertiary/aromatic N) is 2. The highest BCUT2D eigenvalue weighted by molar-refractivity contribution is 6.09. The van der Waals surface area contributed by atoms with Crippen LogP contribution in [0.25, 0.3) is 0 Å². The smallest absolute Gasteiger partial charge is 0.294 e. The Hall–Kier alpha value is -6.70. The van der Waals surface area contributed by atoms with Crippen LogP contribution >= 0.6 is 0 Å². The molecule has 39 nitrogen and oxygen atoms in total. The minimum Gasteiger partial charge on any atom is -0.504 e. The molecule has 2 heterocycles. The summed E-state index contributed by atoms with van der Waals surface area (Å²) in [6.07, 6.45) is -3.14. The largest absolute Gasteiger partial charge is 0.504 e. The predicted octanol–water partition coefficient (Wildman–Crippen LogP) is -13.4. The maximum absolute atomic E-state index is 14.1. The average Bonchev–Trinajstić information content (AvgIpc) is 1.26. The van der Waals surface area contributed by atoms with Crippen molar-refractivity contribution in [1.82, 2.24) is 9.80 Å². The molecule has 0 bridgehead atoms. The number of methoxy groups -OCH3 is 3. The second-order valence-corrected chi connectivity index (χ2v) is 20.8. The molecule has 0 radical (unpaired) electrons. The molecule has 30 N–H and O–H groups in total. The number of aromatic hydroxyl groups is 4. The lowest BCUT2D eigenvalue weighted by Crippen LogP contribution is -3.00. The molecule has 39 heteroatoms. The van der Waals surface area contributed by atoms with Gasteiger partial charge in [-0.15, -0.1) is 4.90 Å². The lowest BCUT2D eigenvalue weighted by atomic mass is 9.63. The van der Waals surface area contributed by atoms with Gasteiger partial charge in [0.25, 0.3) is 52.7 Å². The van der Waals surface area contributed by atoms with E-state index in [0.29, 0.717) is 24.3 Å². The van der Waals surface area contributed by atoms with Gasteiger partial charge in [-0.2, -0.15) is 4.90 Å². The summed E-state index contributed by atoms with van der Waals surface area (Å²) in [6, 6.07) is 7.46. The number of phenols is 4. The van der Waals surface area contributed by atoms with Crippen molar-refractivity contribution < 1.29 is 186 Å². The van der Waals surface area contributed by atoms with Gasteiger partial charge in [0.2, 0.25) is 58.4 Å². The number of hydrogen-bond acceptors (Lipinski definition) is 39. The number of phenolic OH excluding ortho intramolecular Hbond substituents is 4. The Morgan fingerprint density at radius 2 is 0.805 bits per heavy atom. The van der Waals surface area contributed by atoms with Gasteiger partial charge in [0, 0.05) is 36.1 Å². The van der Waals surface area contributed by atoms with Crippen molar-refractivity contribution in [2.75, 3.05) is 28.1 Å². The maximum Gasteiger partial charge on any atom is 0.294 e. The van der Waals surface area contributed by atoms with Crippen LogP contribution in [0.15, 0.2) is 54.6 Å². The predicted molar refractivity (Wildman–Crippen MR) is 259 cm³/mol. The average molecular weight is 1250 g/mol. The zero-order chi connectivity index (χ0) is 66.2. The van der Waals surface area contributed by atoms with Crippen molar-refractivity contribution in [3.05, 3.63) is 88.0 Å². The Morgan fingerprint density at radius 3 is 1.18 bits per heavy atom. The van der Waals surface area contributed by atoms with Crippen molar-refractivity contribution in [2.24, 2.45) is 0 Å². The summed E-state index contributed by atoms with van der Waals surface area (Å²) in [6.45, 7) is -3.75. The molecule has 0 aromatic heterocycles.